The van der Waals surface area contributed by atoms with Gasteiger partial charge in [-0.2, -0.15) is 0 Å². The molecule has 206 valence electrons. The number of amides is 2. The SMILES string of the molecule is CC(C)(C)OC(=O)N(CCOCCOCCOCCOCCOCCN)c1cccc(CC(N)=O)c1. The van der Waals surface area contributed by atoms with Crippen molar-refractivity contribution in [3.05, 3.63) is 29.8 Å². The third kappa shape index (κ3) is 16.4. The second-order valence-corrected chi connectivity index (χ2v) is 8.80. The van der Waals surface area contributed by atoms with E-state index in [9.17, 15) is 9.59 Å². The Labute approximate surface area is 214 Å². The van der Waals surface area contributed by atoms with Crippen molar-refractivity contribution in [3.8, 4) is 0 Å². The van der Waals surface area contributed by atoms with Gasteiger partial charge in [0.15, 0.2) is 0 Å². The van der Waals surface area contributed by atoms with Crippen LogP contribution < -0.4 is 16.4 Å². The highest BCUT2D eigenvalue weighted by molar-refractivity contribution is 5.88. The molecule has 0 unspecified atom stereocenters. The number of hydrogen-bond donors (Lipinski definition) is 2. The largest absolute Gasteiger partial charge is 0.443 e. The van der Waals surface area contributed by atoms with Crippen LogP contribution in [0.4, 0.5) is 10.5 Å². The number of anilines is 1. The van der Waals surface area contributed by atoms with Crippen molar-refractivity contribution in [2.24, 2.45) is 11.5 Å². The summed E-state index contributed by atoms with van der Waals surface area (Å²) in [5.41, 5.74) is 11.3. The molecule has 0 fully saturated rings. The molecule has 0 aliphatic rings. The van der Waals surface area contributed by atoms with Crippen molar-refractivity contribution >= 4 is 17.7 Å². The number of carbonyl (C=O) groups is 2. The smallest absolute Gasteiger partial charge is 0.414 e. The van der Waals surface area contributed by atoms with E-state index in [1.54, 1.807) is 45.0 Å². The van der Waals surface area contributed by atoms with Crippen LogP contribution in [0.5, 0.6) is 0 Å². The van der Waals surface area contributed by atoms with E-state index < -0.39 is 17.6 Å². The van der Waals surface area contributed by atoms with Crippen LogP contribution in [0.1, 0.15) is 26.3 Å². The van der Waals surface area contributed by atoms with Crippen molar-refractivity contribution in [2.45, 2.75) is 32.8 Å². The molecule has 2 amide bonds. The maximum absolute atomic E-state index is 12.8. The van der Waals surface area contributed by atoms with Gasteiger partial charge >= 0.3 is 6.09 Å². The lowest BCUT2D eigenvalue weighted by Crippen LogP contribution is -2.39. The fourth-order valence-corrected chi connectivity index (χ4v) is 2.90. The Morgan fingerprint density at radius 1 is 0.806 bits per heavy atom. The fraction of sp³-hybridized carbons (Fsp3) is 0.680. The number of hydrogen-bond acceptors (Lipinski definition) is 9. The second-order valence-electron chi connectivity index (χ2n) is 8.80. The van der Waals surface area contributed by atoms with Gasteiger partial charge < -0.3 is 39.9 Å². The summed E-state index contributed by atoms with van der Waals surface area (Å²) in [5, 5.41) is 0. The lowest BCUT2D eigenvalue weighted by atomic mass is 10.1. The molecule has 36 heavy (non-hydrogen) atoms. The first-order chi connectivity index (χ1) is 17.2. The van der Waals surface area contributed by atoms with E-state index in [4.69, 9.17) is 39.9 Å². The van der Waals surface area contributed by atoms with Gasteiger partial charge in [-0.1, -0.05) is 12.1 Å². The number of benzene rings is 1. The van der Waals surface area contributed by atoms with Crippen molar-refractivity contribution in [1.82, 2.24) is 0 Å². The second kappa shape index (κ2) is 18.9. The van der Waals surface area contributed by atoms with Gasteiger partial charge in [0.05, 0.1) is 79.0 Å². The van der Waals surface area contributed by atoms with Crippen LogP contribution >= 0.6 is 0 Å². The van der Waals surface area contributed by atoms with Gasteiger partial charge in [0, 0.05) is 12.2 Å². The summed E-state index contributed by atoms with van der Waals surface area (Å²) in [4.78, 5) is 25.5. The highest BCUT2D eigenvalue weighted by Gasteiger charge is 2.23. The maximum atomic E-state index is 12.8. The minimum absolute atomic E-state index is 0.0881. The number of rotatable bonds is 20. The maximum Gasteiger partial charge on any atom is 0.414 e. The van der Waals surface area contributed by atoms with Gasteiger partial charge in [0.1, 0.15) is 5.60 Å². The molecule has 0 saturated carbocycles. The molecule has 0 aromatic heterocycles. The van der Waals surface area contributed by atoms with Crippen molar-refractivity contribution in [1.29, 1.82) is 0 Å². The molecule has 1 rings (SSSR count). The highest BCUT2D eigenvalue weighted by Crippen LogP contribution is 2.20. The molecule has 0 aliphatic carbocycles. The summed E-state index contributed by atoms with van der Waals surface area (Å²) < 4.78 is 32.7. The molecule has 1 aromatic carbocycles. The standard InChI is InChI=1S/C25H43N3O8/c1-25(2,3)36-24(30)28(22-6-4-5-21(19-22)20-23(27)29)8-10-32-12-14-34-16-18-35-17-15-33-13-11-31-9-7-26/h4-6,19H,7-18,20,26H2,1-3H3,(H2,27,29). The predicted octanol–water partition coefficient (Wildman–Crippen LogP) is 1.50. The molecule has 0 bridgehead atoms. The van der Waals surface area contributed by atoms with Gasteiger partial charge in [-0.25, -0.2) is 4.79 Å². The van der Waals surface area contributed by atoms with Crippen LogP contribution in [0.25, 0.3) is 0 Å². The summed E-state index contributed by atoms with van der Waals surface area (Å²) in [7, 11) is 0. The Kier molecular flexibility index (Phi) is 16.7. The molecule has 1 aromatic rings. The van der Waals surface area contributed by atoms with Crippen LogP contribution in [0.2, 0.25) is 0 Å². The van der Waals surface area contributed by atoms with E-state index in [1.807, 2.05) is 0 Å². The molecule has 11 heteroatoms. The summed E-state index contributed by atoms with van der Waals surface area (Å²) in [6.07, 6.45) is -0.409. The Morgan fingerprint density at radius 2 is 1.31 bits per heavy atom. The van der Waals surface area contributed by atoms with Crippen molar-refractivity contribution in [3.63, 3.8) is 0 Å². The first-order valence-corrected chi connectivity index (χ1v) is 12.2. The average molecular weight is 514 g/mol. The van der Waals surface area contributed by atoms with E-state index in [0.717, 1.165) is 0 Å². The molecule has 0 radical (unpaired) electrons. The van der Waals surface area contributed by atoms with Crippen molar-refractivity contribution in [2.75, 3.05) is 84.1 Å². The Morgan fingerprint density at radius 3 is 1.78 bits per heavy atom. The van der Waals surface area contributed by atoms with Gasteiger partial charge in [0.25, 0.3) is 0 Å². The summed E-state index contributed by atoms with van der Waals surface area (Å²) in [5.74, 6) is -0.442. The van der Waals surface area contributed by atoms with Crippen LogP contribution in [-0.4, -0.2) is 96.8 Å². The molecule has 0 atom stereocenters. The van der Waals surface area contributed by atoms with Crippen LogP contribution in [-0.2, 0) is 39.6 Å². The summed E-state index contributed by atoms with van der Waals surface area (Å²) in [6, 6.07) is 7.08. The average Bonchev–Trinajstić information content (AvgIpc) is 2.79. The van der Waals surface area contributed by atoms with Gasteiger partial charge in [-0.3, -0.25) is 9.69 Å². The molecule has 0 saturated heterocycles. The third-order valence-corrected chi connectivity index (χ3v) is 4.42. The van der Waals surface area contributed by atoms with Gasteiger partial charge in [-0.05, 0) is 38.5 Å². The lowest BCUT2D eigenvalue weighted by molar-refractivity contribution is -0.117. The molecule has 11 nitrogen and oxygen atoms in total. The molecule has 0 heterocycles. The Bertz CT molecular complexity index is 742. The monoisotopic (exact) mass is 513 g/mol. The van der Waals surface area contributed by atoms with Crippen LogP contribution in [0.15, 0.2) is 24.3 Å². The molecule has 4 N–H and O–H groups in total. The topological polar surface area (TPSA) is 145 Å². The van der Waals surface area contributed by atoms with E-state index in [-0.39, 0.29) is 19.6 Å². The van der Waals surface area contributed by atoms with E-state index in [2.05, 4.69) is 0 Å². The van der Waals surface area contributed by atoms with E-state index in [0.29, 0.717) is 77.3 Å². The Hall–Kier alpha value is -2.28. The van der Waals surface area contributed by atoms with Crippen molar-refractivity contribution < 1.29 is 38.0 Å². The van der Waals surface area contributed by atoms with E-state index >= 15 is 0 Å². The van der Waals surface area contributed by atoms with Crippen LogP contribution in [0.3, 0.4) is 0 Å². The fourth-order valence-electron chi connectivity index (χ4n) is 2.90. The zero-order valence-corrected chi connectivity index (χ0v) is 21.9. The quantitative estimate of drug-likeness (QED) is 0.248. The number of carbonyl (C=O) groups excluding carboxylic acids is 2. The molecule has 0 spiro atoms. The third-order valence-electron chi connectivity index (χ3n) is 4.42. The summed E-state index contributed by atoms with van der Waals surface area (Å²) in [6.45, 7) is 10.7. The molecular weight excluding hydrogens is 470 g/mol. The number of nitrogens with zero attached hydrogens (tertiary/aromatic N) is 1. The molecule has 0 aliphatic heterocycles. The minimum atomic E-state index is -0.651. The predicted molar refractivity (Wildman–Crippen MR) is 136 cm³/mol. The lowest BCUT2D eigenvalue weighted by Gasteiger charge is -2.27. The normalized spacial score (nSPS) is 11.4. The first-order valence-electron chi connectivity index (χ1n) is 12.2. The van der Waals surface area contributed by atoms with Crippen LogP contribution in [0, 0.1) is 0 Å². The van der Waals surface area contributed by atoms with Gasteiger partial charge in [-0.15, -0.1) is 0 Å². The Balaban J connectivity index is 2.27. The molecular formula is C25H43N3O8. The first kappa shape index (κ1) is 31.7. The number of ether oxygens (including phenoxy) is 6. The number of nitrogens with two attached hydrogens (primary N) is 2. The van der Waals surface area contributed by atoms with E-state index in [1.165, 1.54) is 4.90 Å². The highest BCUT2D eigenvalue weighted by atomic mass is 16.6. The zero-order valence-electron chi connectivity index (χ0n) is 21.9. The zero-order chi connectivity index (χ0) is 26.7. The minimum Gasteiger partial charge on any atom is -0.443 e. The van der Waals surface area contributed by atoms with Gasteiger partial charge in [0.2, 0.25) is 5.91 Å². The number of primary amides is 1. The summed E-state index contributed by atoms with van der Waals surface area (Å²) >= 11 is 0.